The van der Waals surface area contributed by atoms with Crippen LogP contribution in [0.2, 0.25) is 5.28 Å². The second-order valence-corrected chi connectivity index (χ2v) is 4.96. The van der Waals surface area contributed by atoms with Gasteiger partial charge in [-0.1, -0.05) is 24.6 Å². The van der Waals surface area contributed by atoms with E-state index >= 15 is 0 Å². The maximum Gasteiger partial charge on any atom is 0.233 e. The third kappa shape index (κ3) is 3.81. The Kier molecular flexibility index (Phi) is 4.74. The van der Waals surface area contributed by atoms with Gasteiger partial charge in [0.2, 0.25) is 17.2 Å². The van der Waals surface area contributed by atoms with E-state index in [0.717, 1.165) is 24.2 Å². The van der Waals surface area contributed by atoms with Gasteiger partial charge in [-0.15, -0.1) is 0 Å². The van der Waals surface area contributed by atoms with E-state index in [1.54, 1.807) is 0 Å². The molecule has 0 aliphatic heterocycles. The summed E-state index contributed by atoms with van der Waals surface area (Å²) in [4.78, 5) is 12.4. The lowest BCUT2D eigenvalue weighted by Gasteiger charge is -2.10. The van der Waals surface area contributed by atoms with Crippen LogP contribution >= 0.6 is 11.6 Å². The lowest BCUT2D eigenvalue weighted by Crippen LogP contribution is -2.08. The summed E-state index contributed by atoms with van der Waals surface area (Å²) in [6.07, 6.45) is 0.989. The average Bonchev–Trinajstić information content (AvgIpc) is 2.39. The third-order valence-electron chi connectivity index (χ3n) is 2.77. The lowest BCUT2D eigenvalue weighted by molar-refractivity contribution is 0.940. The largest absolute Gasteiger partial charge is 0.354 e. The van der Waals surface area contributed by atoms with Gasteiger partial charge in [-0.05, 0) is 43.5 Å². The van der Waals surface area contributed by atoms with Crippen LogP contribution in [0.25, 0.3) is 0 Å². The number of aryl methyl sites for hydroxylation is 2. The molecule has 0 radical (unpaired) electrons. The Bertz CT molecular complexity index is 600. The number of nitrogens with one attached hydrogen (secondary N) is 2. The average molecular weight is 292 g/mol. The number of halogens is 1. The van der Waals surface area contributed by atoms with Crippen molar-refractivity contribution < 1.29 is 0 Å². The molecule has 2 rings (SSSR count). The highest BCUT2D eigenvalue weighted by molar-refractivity contribution is 6.28. The van der Waals surface area contributed by atoms with Crippen molar-refractivity contribution in [1.82, 2.24) is 15.0 Å². The number of aromatic nitrogens is 3. The highest BCUT2D eigenvalue weighted by atomic mass is 35.5. The summed E-state index contributed by atoms with van der Waals surface area (Å²) < 4.78 is 0. The maximum atomic E-state index is 5.92. The lowest BCUT2D eigenvalue weighted by atomic mass is 10.1. The van der Waals surface area contributed by atoms with Gasteiger partial charge in [0.15, 0.2) is 0 Å². The Morgan fingerprint density at radius 1 is 1.10 bits per heavy atom. The quantitative estimate of drug-likeness (QED) is 0.879. The first kappa shape index (κ1) is 14.5. The third-order valence-corrected chi connectivity index (χ3v) is 2.94. The van der Waals surface area contributed by atoms with Gasteiger partial charge in [-0.25, -0.2) is 0 Å². The van der Waals surface area contributed by atoms with Crippen LogP contribution in [-0.2, 0) is 0 Å². The Morgan fingerprint density at radius 3 is 2.55 bits per heavy atom. The van der Waals surface area contributed by atoms with Crippen LogP contribution in [0.4, 0.5) is 17.6 Å². The first-order valence-corrected chi connectivity index (χ1v) is 6.96. The SMILES string of the molecule is CCCNc1nc(Cl)nc(Nc2ccc(C)cc2C)n1. The molecule has 5 nitrogen and oxygen atoms in total. The van der Waals surface area contributed by atoms with Crippen molar-refractivity contribution in [1.29, 1.82) is 0 Å². The van der Waals surface area contributed by atoms with E-state index in [4.69, 9.17) is 11.6 Å². The summed E-state index contributed by atoms with van der Waals surface area (Å²) in [5.41, 5.74) is 3.30. The molecule has 0 saturated carbocycles. The van der Waals surface area contributed by atoms with Crippen molar-refractivity contribution in [3.63, 3.8) is 0 Å². The monoisotopic (exact) mass is 291 g/mol. The Labute approximate surface area is 123 Å². The fourth-order valence-corrected chi connectivity index (χ4v) is 1.96. The van der Waals surface area contributed by atoms with Crippen LogP contribution in [0, 0.1) is 13.8 Å². The molecule has 0 atom stereocenters. The first-order valence-electron chi connectivity index (χ1n) is 6.58. The number of rotatable bonds is 5. The fraction of sp³-hybridized carbons (Fsp3) is 0.357. The normalized spacial score (nSPS) is 10.4. The molecule has 6 heteroatoms. The van der Waals surface area contributed by atoms with Gasteiger partial charge in [-0.2, -0.15) is 15.0 Å². The summed E-state index contributed by atoms with van der Waals surface area (Å²) in [7, 11) is 0. The van der Waals surface area contributed by atoms with Crippen LogP contribution in [0.1, 0.15) is 24.5 Å². The van der Waals surface area contributed by atoms with Crippen molar-refractivity contribution in [2.24, 2.45) is 0 Å². The van der Waals surface area contributed by atoms with E-state index in [1.165, 1.54) is 5.56 Å². The molecule has 1 heterocycles. The van der Waals surface area contributed by atoms with Gasteiger partial charge >= 0.3 is 0 Å². The van der Waals surface area contributed by atoms with E-state index in [2.05, 4.69) is 45.5 Å². The molecule has 0 unspecified atom stereocenters. The number of nitrogens with zero attached hydrogens (tertiary/aromatic N) is 3. The molecule has 0 bridgehead atoms. The standard InChI is InChI=1S/C14H18ClN5/c1-4-7-16-13-18-12(15)19-14(20-13)17-11-6-5-9(2)8-10(11)3/h5-6,8H,4,7H2,1-3H3,(H2,16,17,18,19,20). The molecule has 2 N–H and O–H groups in total. The zero-order chi connectivity index (χ0) is 14.5. The predicted octanol–water partition coefficient (Wildman–Crippen LogP) is 3.71. The van der Waals surface area contributed by atoms with Crippen molar-refractivity contribution in [3.05, 3.63) is 34.6 Å². The highest BCUT2D eigenvalue weighted by Gasteiger charge is 2.06. The molecular formula is C14H18ClN5. The Morgan fingerprint density at radius 2 is 1.85 bits per heavy atom. The second-order valence-electron chi connectivity index (χ2n) is 4.62. The van der Waals surface area contributed by atoms with Crippen LogP contribution in [0.3, 0.4) is 0 Å². The topological polar surface area (TPSA) is 62.7 Å². The van der Waals surface area contributed by atoms with Gasteiger partial charge in [0, 0.05) is 12.2 Å². The molecule has 2 aromatic rings. The van der Waals surface area contributed by atoms with Gasteiger partial charge in [-0.3, -0.25) is 0 Å². The first-order chi connectivity index (χ1) is 9.58. The van der Waals surface area contributed by atoms with Crippen molar-refractivity contribution >= 4 is 29.2 Å². The zero-order valence-electron chi connectivity index (χ0n) is 11.9. The minimum atomic E-state index is 0.172. The van der Waals surface area contributed by atoms with Crippen molar-refractivity contribution in [2.75, 3.05) is 17.2 Å². The molecule has 0 fully saturated rings. The van der Waals surface area contributed by atoms with E-state index in [9.17, 15) is 0 Å². The number of hydrogen-bond donors (Lipinski definition) is 2. The minimum absolute atomic E-state index is 0.172. The number of anilines is 3. The van der Waals surface area contributed by atoms with E-state index in [1.807, 2.05) is 19.1 Å². The summed E-state index contributed by atoms with van der Waals surface area (Å²) in [6, 6.07) is 6.14. The van der Waals surface area contributed by atoms with Crippen LogP contribution < -0.4 is 10.6 Å². The molecule has 1 aromatic carbocycles. The van der Waals surface area contributed by atoms with Crippen LogP contribution in [-0.4, -0.2) is 21.5 Å². The molecule has 20 heavy (non-hydrogen) atoms. The van der Waals surface area contributed by atoms with Gasteiger partial charge in [0.05, 0.1) is 0 Å². The van der Waals surface area contributed by atoms with Crippen molar-refractivity contribution in [3.8, 4) is 0 Å². The van der Waals surface area contributed by atoms with Crippen molar-refractivity contribution in [2.45, 2.75) is 27.2 Å². The maximum absolute atomic E-state index is 5.92. The van der Waals surface area contributed by atoms with Gasteiger partial charge in [0.25, 0.3) is 0 Å². The van der Waals surface area contributed by atoms with E-state index in [-0.39, 0.29) is 5.28 Å². The second kappa shape index (κ2) is 6.52. The molecule has 0 spiro atoms. The summed E-state index contributed by atoms with van der Waals surface area (Å²) >= 11 is 5.92. The van der Waals surface area contributed by atoms with Crippen LogP contribution in [0.15, 0.2) is 18.2 Å². The molecular weight excluding hydrogens is 274 g/mol. The Balaban J connectivity index is 2.21. The van der Waals surface area contributed by atoms with Gasteiger partial charge < -0.3 is 10.6 Å². The fourth-order valence-electron chi connectivity index (χ4n) is 1.80. The smallest absolute Gasteiger partial charge is 0.233 e. The van der Waals surface area contributed by atoms with Crippen LogP contribution in [0.5, 0.6) is 0 Å². The molecule has 106 valence electrons. The molecule has 0 amide bonds. The predicted molar refractivity (Wildman–Crippen MR) is 82.8 cm³/mol. The summed E-state index contributed by atoms with van der Waals surface area (Å²) in [5.74, 6) is 0.926. The number of hydrogen-bond acceptors (Lipinski definition) is 5. The molecule has 1 aromatic heterocycles. The van der Waals surface area contributed by atoms with E-state index in [0.29, 0.717) is 11.9 Å². The zero-order valence-corrected chi connectivity index (χ0v) is 12.6. The Hall–Kier alpha value is -1.88. The molecule has 0 aliphatic rings. The molecule has 0 aliphatic carbocycles. The summed E-state index contributed by atoms with van der Waals surface area (Å²) in [5, 5.41) is 6.44. The summed E-state index contributed by atoms with van der Waals surface area (Å²) in [6.45, 7) is 6.96. The number of benzene rings is 1. The highest BCUT2D eigenvalue weighted by Crippen LogP contribution is 2.20. The van der Waals surface area contributed by atoms with Gasteiger partial charge in [0.1, 0.15) is 0 Å². The molecule has 0 saturated heterocycles. The minimum Gasteiger partial charge on any atom is -0.354 e. The van der Waals surface area contributed by atoms with E-state index < -0.39 is 0 Å².